The SMILES string of the molecule is Cc1ccc(CN(C)C(=O)c2ccc(Sc3nncn3C)c([N+](=O)[O-])c2)o1. The maximum atomic E-state index is 12.6. The van der Waals surface area contributed by atoms with Gasteiger partial charge in [0.25, 0.3) is 11.6 Å². The Morgan fingerprint density at radius 2 is 2.15 bits per heavy atom. The van der Waals surface area contributed by atoms with Crippen LogP contribution >= 0.6 is 11.8 Å². The third-order valence-corrected chi connectivity index (χ3v) is 4.93. The predicted molar refractivity (Wildman–Crippen MR) is 97.5 cm³/mol. The molecule has 140 valence electrons. The van der Waals surface area contributed by atoms with Crippen LogP contribution in [0, 0.1) is 17.0 Å². The molecule has 27 heavy (non-hydrogen) atoms. The minimum absolute atomic E-state index is 0.156. The van der Waals surface area contributed by atoms with Crippen LogP contribution in [0.2, 0.25) is 0 Å². The van der Waals surface area contributed by atoms with Gasteiger partial charge in [0, 0.05) is 25.7 Å². The molecule has 0 N–H and O–H groups in total. The number of aromatic nitrogens is 3. The molecule has 2 heterocycles. The third kappa shape index (κ3) is 4.17. The van der Waals surface area contributed by atoms with E-state index in [1.165, 1.54) is 17.3 Å². The van der Waals surface area contributed by atoms with E-state index >= 15 is 0 Å². The topological polar surface area (TPSA) is 107 Å². The summed E-state index contributed by atoms with van der Waals surface area (Å²) in [5.41, 5.74) is 0.0749. The Hall–Kier alpha value is -3.14. The van der Waals surface area contributed by atoms with Crippen molar-refractivity contribution < 1.29 is 14.1 Å². The molecule has 0 spiro atoms. The maximum Gasteiger partial charge on any atom is 0.284 e. The van der Waals surface area contributed by atoms with E-state index in [9.17, 15) is 14.9 Å². The van der Waals surface area contributed by atoms with E-state index in [2.05, 4.69) is 10.2 Å². The largest absolute Gasteiger partial charge is 0.464 e. The summed E-state index contributed by atoms with van der Waals surface area (Å²) in [5.74, 6) is 1.07. The van der Waals surface area contributed by atoms with Crippen LogP contribution in [0.25, 0.3) is 0 Å². The average Bonchev–Trinajstić information content (AvgIpc) is 3.22. The Morgan fingerprint density at radius 3 is 2.74 bits per heavy atom. The fourth-order valence-electron chi connectivity index (χ4n) is 2.44. The number of furan rings is 1. The number of nitro benzene ring substituents is 1. The zero-order valence-electron chi connectivity index (χ0n) is 14.9. The zero-order chi connectivity index (χ0) is 19.6. The number of carbonyl (C=O) groups is 1. The number of aryl methyl sites for hydroxylation is 2. The first kappa shape index (κ1) is 18.6. The molecule has 3 aromatic rings. The highest BCUT2D eigenvalue weighted by Crippen LogP contribution is 2.34. The van der Waals surface area contributed by atoms with Gasteiger partial charge in [-0.25, -0.2) is 0 Å². The summed E-state index contributed by atoms with van der Waals surface area (Å²) in [7, 11) is 3.37. The van der Waals surface area contributed by atoms with Crippen molar-refractivity contribution in [1.82, 2.24) is 19.7 Å². The number of rotatable bonds is 6. The number of carbonyl (C=O) groups excluding carboxylic acids is 1. The normalized spacial score (nSPS) is 10.8. The van der Waals surface area contributed by atoms with Crippen LogP contribution in [0.15, 0.2) is 51.1 Å². The molecule has 0 saturated heterocycles. The average molecular weight is 387 g/mol. The van der Waals surface area contributed by atoms with Gasteiger partial charge in [-0.1, -0.05) is 0 Å². The number of nitrogens with zero attached hydrogens (tertiary/aromatic N) is 5. The van der Waals surface area contributed by atoms with Gasteiger partial charge in [-0.15, -0.1) is 10.2 Å². The van der Waals surface area contributed by atoms with Crippen molar-refractivity contribution in [2.24, 2.45) is 7.05 Å². The van der Waals surface area contributed by atoms with Crippen molar-refractivity contribution in [2.75, 3.05) is 7.05 Å². The van der Waals surface area contributed by atoms with Gasteiger partial charge in [-0.3, -0.25) is 14.9 Å². The Morgan fingerprint density at radius 1 is 1.37 bits per heavy atom. The minimum Gasteiger partial charge on any atom is -0.464 e. The lowest BCUT2D eigenvalue weighted by Gasteiger charge is -2.16. The first-order chi connectivity index (χ1) is 12.8. The molecule has 3 rings (SSSR count). The molecule has 1 amide bonds. The van der Waals surface area contributed by atoms with Gasteiger partial charge >= 0.3 is 0 Å². The number of hydrogen-bond acceptors (Lipinski definition) is 7. The first-order valence-electron chi connectivity index (χ1n) is 7.96. The molecule has 10 heteroatoms. The Labute approximate surface area is 159 Å². The summed E-state index contributed by atoms with van der Waals surface area (Å²) in [4.78, 5) is 25.5. The summed E-state index contributed by atoms with van der Waals surface area (Å²) in [5, 5.41) is 19.7. The summed E-state index contributed by atoms with van der Waals surface area (Å²) < 4.78 is 7.13. The van der Waals surface area contributed by atoms with Crippen LogP contribution < -0.4 is 0 Å². The summed E-state index contributed by atoms with van der Waals surface area (Å²) >= 11 is 1.12. The van der Waals surface area contributed by atoms with E-state index in [-0.39, 0.29) is 23.7 Å². The van der Waals surface area contributed by atoms with Crippen molar-refractivity contribution in [3.05, 3.63) is 63.9 Å². The van der Waals surface area contributed by atoms with Gasteiger partial charge in [0.05, 0.1) is 16.4 Å². The molecule has 0 saturated carbocycles. The van der Waals surface area contributed by atoms with E-state index in [0.29, 0.717) is 15.8 Å². The first-order valence-corrected chi connectivity index (χ1v) is 8.78. The van der Waals surface area contributed by atoms with Gasteiger partial charge in [-0.05, 0) is 43.0 Å². The lowest BCUT2D eigenvalue weighted by atomic mass is 10.1. The van der Waals surface area contributed by atoms with Gasteiger partial charge in [0.1, 0.15) is 17.8 Å². The van der Waals surface area contributed by atoms with Gasteiger partial charge in [0.15, 0.2) is 5.16 Å². The van der Waals surface area contributed by atoms with Crippen LogP contribution in [0.1, 0.15) is 21.9 Å². The molecule has 0 unspecified atom stereocenters. The van der Waals surface area contributed by atoms with Crippen molar-refractivity contribution >= 4 is 23.4 Å². The Bertz CT molecular complexity index is 997. The van der Waals surface area contributed by atoms with Gasteiger partial charge in [-0.2, -0.15) is 0 Å². The van der Waals surface area contributed by atoms with Crippen LogP contribution in [0.5, 0.6) is 0 Å². The highest BCUT2D eigenvalue weighted by Gasteiger charge is 2.22. The van der Waals surface area contributed by atoms with E-state index in [0.717, 1.165) is 17.5 Å². The molecule has 0 fully saturated rings. The monoisotopic (exact) mass is 387 g/mol. The summed E-state index contributed by atoms with van der Waals surface area (Å²) in [6.07, 6.45) is 1.51. The smallest absolute Gasteiger partial charge is 0.284 e. The standard InChI is InChI=1S/C17H17N5O4S/c1-11-4-6-13(26-11)9-20(2)16(23)12-5-7-15(14(8-12)22(24)25)27-17-19-18-10-21(17)3/h4-8,10H,9H2,1-3H3. The van der Waals surface area contributed by atoms with Crippen molar-refractivity contribution in [1.29, 1.82) is 0 Å². The maximum absolute atomic E-state index is 12.6. The molecule has 0 aliphatic carbocycles. The second-order valence-corrected chi connectivity index (χ2v) is 6.95. The number of benzene rings is 1. The number of amides is 1. The van der Waals surface area contributed by atoms with Crippen molar-refractivity contribution in [3.8, 4) is 0 Å². The summed E-state index contributed by atoms with van der Waals surface area (Å²) in [6, 6.07) is 8.01. The fourth-order valence-corrected chi connectivity index (χ4v) is 3.29. The van der Waals surface area contributed by atoms with E-state index in [1.54, 1.807) is 36.9 Å². The highest BCUT2D eigenvalue weighted by molar-refractivity contribution is 7.99. The lowest BCUT2D eigenvalue weighted by molar-refractivity contribution is -0.387. The molecular weight excluding hydrogens is 370 g/mol. The van der Waals surface area contributed by atoms with Crippen molar-refractivity contribution in [2.45, 2.75) is 23.5 Å². The third-order valence-electron chi connectivity index (χ3n) is 3.81. The molecule has 9 nitrogen and oxygen atoms in total. The van der Waals surface area contributed by atoms with Gasteiger partial charge < -0.3 is 13.9 Å². The van der Waals surface area contributed by atoms with E-state index in [1.807, 2.05) is 13.0 Å². The predicted octanol–water partition coefficient (Wildman–Crippen LogP) is 3.05. The quantitative estimate of drug-likeness (QED) is 0.472. The second-order valence-electron chi connectivity index (χ2n) is 5.94. The molecule has 0 aliphatic heterocycles. The second kappa shape index (κ2) is 7.62. The highest BCUT2D eigenvalue weighted by atomic mass is 32.2. The number of hydrogen-bond donors (Lipinski definition) is 0. The molecule has 0 atom stereocenters. The van der Waals surface area contributed by atoms with Crippen LogP contribution in [0.4, 0.5) is 5.69 Å². The molecule has 0 bridgehead atoms. The van der Waals surface area contributed by atoms with Crippen LogP contribution in [-0.2, 0) is 13.6 Å². The van der Waals surface area contributed by atoms with E-state index in [4.69, 9.17) is 4.42 Å². The Kier molecular flexibility index (Phi) is 5.26. The van der Waals surface area contributed by atoms with Crippen LogP contribution in [-0.4, -0.2) is 37.5 Å². The molecule has 0 radical (unpaired) electrons. The van der Waals surface area contributed by atoms with Crippen molar-refractivity contribution in [3.63, 3.8) is 0 Å². The van der Waals surface area contributed by atoms with Crippen LogP contribution in [0.3, 0.4) is 0 Å². The minimum atomic E-state index is -0.509. The summed E-state index contributed by atoms with van der Waals surface area (Å²) in [6.45, 7) is 2.10. The fraction of sp³-hybridized carbons (Fsp3) is 0.235. The zero-order valence-corrected chi connectivity index (χ0v) is 15.8. The number of nitro groups is 1. The lowest BCUT2D eigenvalue weighted by Crippen LogP contribution is -2.26. The van der Waals surface area contributed by atoms with Gasteiger partial charge in [0.2, 0.25) is 0 Å². The molecule has 1 aromatic carbocycles. The Balaban J connectivity index is 1.83. The van der Waals surface area contributed by atoms with E-state index < -0.39 is 4.92 Å². The molecular formula is C17H17N5O4S. The molecule has 0 aliphatic rings. The molecule has 2 aromatic heterocycles.